The minimum Gasteiger partial charge on any atom is -0.444 e. The SMILES string of the molecule is CC(C)(C)OC(=O)N1CCC(c2nc3ccc([N+](=O)[O-])cc3[nH]2)C1. The third-order valence-electron chi connectivity index (χ3n) is 3.92. The molecule has 1 amide bonds. The molecular weight excluding hydrogens is 312 g/mol. The van der Waals surface area contributed by atoms with Crippen molar-refractivity contribution in [1.29, 1.82) is 0 Å². The number of carbonyl (C=O) groups is 1. The lowest BCUT2D eigenvalue weighted by Crippen LogP contribution is -2.35. The Morgan fingerprint density at radius 2 is 2.21 bits per heavy atom. The molecule has 1 aliphatic rings. The summed E-state index contributed by atoms with van der Waals surface area (Å²) in [5.74, 6) is 0.820. The summed E-state index contributed by atoms with van der Waals surface area (Å²) in [7, 11) is 0. The van der Waals surface area contributed by atoms with E-state index in [-0.39, 0.29) is 17.7 Å². The van der Waals surface area contributed by atoms with Crippen molar-refractivity contribution in [1.82, 2.24) is 14.9 Å². The Hall–Kier alpha value is -2.64. The number of likely N-dealkylation sites (tertiary alicyclic amines) is 1. The zero-order valence-electron chi connectivity index (χ0n) is 13.9. The van der Waals surface area contributed by atoms with Crippen LogP contribution in [0.3, 0.4) is 0 Å². The number of nitrogens with zero attached hydrogens (tertiary/aromatic N) is 3. The van der Waals surface area contributed by atoms with E-state index in [1.54, 1.807) is 11.0 Å². The molecule has 8 nitrogen and oxygen atoms in total. The number of rotatable bonds is 2. The number of aromatic amines is 1. The van der Waals surface area contributed by atoms with Crippen LogP contribution in [0.25, 0.3) is 11.0 Å². The summed E-state index contributed by atoms with van der Waals surface area (Å²) in [4.78, 5) is 31.9. The summed E-state index contributed by atoms with van der Waals surface area (Å²) in [5, 5.41) is 10.9. The molecule has 0 saturated carbocycles. The number of imidazole rings is 1. The van der Waals surface area contributed by atoms with E-state index in [0.29, 0.717) is 24.1 Å². The molecule has 0 bridgehead atoms. The third-order valence-corrected chi connectivity index (χ3v) is 3.92. The fourth-order valence-electron chi connectivity index (χ4n) is 2.80. The highest BCUT2D eigenvalue weighted by molar-refractivity contribution is 5.78. The molecule has 1 fully saturated rings. The molecule has 0 aliphatic carbocycles. The van der Waals surface area contributed by atoms with Crippen LogP contribution < -0.4 is 0 Å². The minimum absolute atomic E-state index is 0.0273. The molecule has 128 valence electrons. The number of fused-ring (bicyclic) bond motifs is 1. The number of nitro benzene ring substituents is 1. The van der Waals surface area contributed by atoms with Crippen LogP contribution >= 0.6 is 0 Å². The van der Waals surface area contributed by atoms with Gasteiger partial charge in [0.1, 0.15) is 11.4 Å². The Morgan fingerprint density at radius 1 is 1.46 bits per heavy atom. The molecule has 1 unspecified atom stereocenters. The second-order valence-electron chi connectivity index (χ2n) is 6.99. The first-order chi connectivity index (χ1) is 11.2. The van der Waals surface area contributed by atoms with Gasteiger partial charge in [-0.05, 0) is 33.3 Å². The van der Waals surface area contributed by atoms with Gasteiger partial charge < -0.3 is 14.6 Å². The molecule has 1 N–H and O–H groups in total. The highest BCUT2D eigenvalue weighted by Crippen LogP contribution is 2.29. The Morgan fingerprint density at radius 3 is 2.88 bits per heavy atom. The lowest BCUT2D eigenvalue weighted by Gasteiger charge is -2.24. The van der Waals surface area contributed by atoms with Crippen LogP contribution in [0.1, 0.15) is 38.9 Å². The van der Waals surface area contributed by atoms with Gasteiger partial charge in [0.15, 0.2) is 0 Å². The molecular formula is C16H20N4O4. The Labute approximate surface area is 139 Å². The van der Waals surface area contributed by atoms with Gasteiger partial charge in [-0.2, -0.15) is 0 Å². The van der Waals surface area contributed by atoms with Gasteiger partial charge in [-0.3, -0.25) is 10.1 Å². The molecule has 1 atom stereocenters. The number of nitrogens with one attached hydrogen (secondary N) is 1. The van der Waals surface area contributed by atoms with Crippen molar-refractivity contribution in [3.63, 3.8) is 0 Å². The van der Waals surface area contributed by atoms with Crippen molar-refractivity contribution in [2.24, 2.45) is 0 Å². The number of H-pyrrole nitrogens is 1. The lowest BCUT2D eigenvalue weighted by atomic mass is 10.1. The van der Waals surface area contributed by atoms with E-state index in [1.807, 2.05) is 20.8 Å². The number of non-ortho nitro benzene ring substituents is 1. The Bertz CT molecular complexity index is 793. The van der Waals surface area contributed by atoms with Crippen LogP contribution in [0, 0.1) is 10.1 Å². The molecule has 8 heteroatoms. The highest BCUT2D eigenvalue weighted by atomic mass is 16.6. The van der Waals surface area contributed by atoms with Crippen LogP contribution in [0.5, 0.6) is 0 Å². The van der Waals surface area contributed by atoms with Gasteiger partial charge >= 0.3 is 6.09 Å². The molecule has 24 heavy (non-hydrogen) atoms. The molecule has 1 aliphatic heterocycles. The maximum atomic E-state index is 12.1. The largest absolute Gasteiger partial charge is 0.444 e. The minimum atomic E-state index is -0.520. The molecule has 0 radical (unpaired) electrons. The van der Waals surface area contributed by atoms with Gasteiger partial charge in [-0.1, -0.05) is 0 Å². The van der Waals surface area contributed by atoms with Gasteiger partial charge in [-0.25, -0.2) is 9.78 Å². The third kappa shape index (κ3) is 3.32. The normalized spacial score (nSPS) is 18.1. The van der Waals surface area contributed by atoms with Crippen LogP contribution in [0.2, 0.25) is 0 Å². The number of carbonyl (C=O) groups excluding carboxylic acids is 1. The molecule has 1 saturated heterocycles. The summed E-state index contributed by atoms with van der Waals surface area (Å²) in [6, 6.07) is 4.55. The number of nitro groups is 1. The number of ether oxygens (including phenoxy) is 1. The van der Waals surface area contributed by atoms with Gasteiger partial charge in [-0.15, -0.1) is 0 Å². The van der Waals surface area contributed by atoms with Gasteiger partial charge in [0, 0.05) is 31.1 Å². The molecule has 2 heterocycles. The van der Waals surface area contributed by atoms with E-state index >= 15 is 0 Å². The van der Waals surface area contributed by atoms with E-state index in [1.165, 1.54) is 12.1 Å². The zero-order chi connectivity index (χ0) is 17.5. The first-order valence-corrected chi connectivity index (χ1v) is 7.85. The second kappa shape index (κ2) is 5.77. The second-order valence-corrected chi connectivity index (χ2v) is 6.99. The van der Waals surface area contributed by atoms with Gasteiger partial charge in [0.05, 0.1) is 16.0 Å². The van der Waals surface area contributed by atoms with Crippen molar-refractivity contribution in [2.45, 2.75) is 38.7 Å². The molecule has 0 spiro atoms. The smallest absolute Gasteiger partial charge is 0.410 e. The summed E-state index contributed by atoms with van der Waals surface area (Å²) in [6.45, 7) is 6.65. The number of amides is 1. The predicted octanol–water partition coefficient (Wildman–Crippen LogP) is 3.20. The first-order valence-electron chi connectivity index (χ1n) is 7.85. The maximum absolute atomic E-state index is 12.1. The van der Waals surface area contributed by atoms with E-state index in [2.05, 4.69) is 9.97 Å². The summed E-state index contributed by atoms with van der Waals surface area (Å²) < 4.78 is 5.39. The predicted molar refractivity (Wildman–Crippen MR) is 87.9 cm³/mol. The van der Waals surface area contributed by atoms with Crippen molar-refractivity contribution in [2.75, 3.05) is 13.1 Å². The van der Waals surface area contributed by atoms with Crippen molar-refractivity contribution in [3.8, 4) is 0 Å². The Kier molecular flexibility index (Phi) is 3.90. The lowest BCUT2D eigenvalue weighted by molar-refractivity contribution is -0.384. The standard InChI is InChI=1S/C16H20N4O4/c1-16(2,3)24-15(21)19-7-6-10(9-19)14-17-12-5-4-11(20(22)23)8-13(12)18-14/h4-5,8,10H,6-7,9H2,1-3H3,(H,17,18). The average Bonchev–Trinajstić information content (AvgIpc) is 3.11. The summed E-state index contributed by atoms with van der Waals surface area (Å²) in [6.07, 6.45) is 0.456. The van der Waals surface area contributed by atoms with E-state index in [9.17, 15) is 14.9 Å². The fraction of sp³-hybridized carbons (Fsp3) is 0.500. The van der Waals surface area contributed by atoms with Crippen LogP contribution in [0.4, 0.5) is 10.5 Å². The Balaban J connectivity index is 1.75. The number of hydrogen-bond donors (Lipinski definition) is 1. The van der Waals surface area contributed by atoms with Crippen molar-refractivity contribution >= 4 is 22.8 Å². The zero-order valence-corrected chi connectivity index (χ0v) is 13.9. The van der Waals surface area contributed by atoms with E-state index < -0.39 is 10.5 Å². The van der Waals surface area contributed by atoms with Gasteiger partial charge in [0.2, 0.25) is 0 Å². The van der Waals surface area contributed by atoms with Crippen LogP contribution in [-0.2, 0) is 4.74 Å². The molecule has 3 rings (SSSR count). The highest BCUT2D eigenvalue weighted by Gasteiger charge is 2.32. The fourth-order valence-corrected chi connectivity index (χ4v) is 2.80. The molecule has 1 aromatic carbocycles. The number of hydrogen-bond acceptors (Lipinski definition) is 5. The first kappa shape index (κ1) is 16.2. The molecule has 2 aromatic rings. The molecule has 1 aromatic heterocycles. The van der Waals surface area contributed by atoms with E-state index in [4.69, 9.17) is 4.74 Å². The average molecular weight is 332 g/mol. The monoisotopic (exact) mass is 332 g/mol. The quantitative estimate of drug-likeness (QED) is 0.672. The number of benzene rings is 1. The van der Waals surface area contributed by atoms with E-state index in [0.717, 1.165) is 12.2 Å². The number of aromatic nitrogens is 2. The topological polar surface area (TPSA) is 101 Å². The van der Waals surface area contributed by atoms with Crippen LogP contribution in [0.15, 0.2) is 18.2 Å². The van der Waals surface area contributed by atoms with Crippen molar-refractivity contribution < 1.29 is 14.5 Å². The van der Waals surface area contributed by atoms with Crippen molar-refractivity contribution in [3.05, 3.63) is 34.1 Å². The van der Waals surface area contributed by atoms with Crippen LogP contribution in [-0.4, -0.2) is 44.6 Å². The maximum Gasteiger partial charge on any atom is 0.410 e. The van der Waals surface area contributed by atoms with Gasteiger partial charge in [0.25, 0.3) is 5.69 Å². The summed E-state index contributed by atoms with van der Waals surface area (Å²) >= 11 is 0. The summed E-state index contributed by atoms with van der Waals surface area (Å²) in [5.41, 5.74) is 0.828.